The molecule has 0 spiro atoms. The monoisotopic (exact) mass is 334 g/mol. The minimum Gasteiger partial charge on any atom is -0.225 e. The number of hydrogen-bond donors (Lipinski definition) is 2. The van der Waals surface area contributed by atoms with Crippen molar-refractivity contribution in [1.82, 2.24) is 4.72 Å². The first-order valence-electron chi connectivity index (χ1n) is 6.77. The first kappa shape index (κ1) is 18.1. The summed E-state index contributed by atoms with van der Waals surface area (Å²) in [6, 6.07) is 4.66. The van der Waals surface area contributed by atoms with E-state index in [-0.39, 0.29) is 21.8 Å². The van der Waals surface area contributed by atoms with Gasteiger partial charge in [-0.25, -0.2) is 26.7 Å². The zero-order chi connectivity index (χ0) is 16.3. The maximum Gasteiger partial charge on any atom is 0.240 e. The molecule has 1 atom stereocenters. The van der Waals surface area contributed by atoms with Crippen molar-refractivity contribution in [1.29, 1.82) is 0 Å². The molecule has 21 heavy (non-hydrogen) atoms. The lowest BCUT2D eigenvalue weighted by Crippen LogP contribution is -2.37. The van der Waals surface area contributed by atoms with Crippen molar-refractivity contribution < 1.29 is 16.8 Å². The van der Waals surface area contributed by atoms with Crippen LogP contribution in [0.25, 0.3) is 0 Å². The molecular weight excluding hydrogens is 312 g/mol. The summed E-state index contributed by atoms with van der Waals surface area (Å²) in [5.41, 5.74) is 0. The van der Waals surface area contributed by atoms with Crippen molar-refractivity contribution in [2.75, 3.05) is 0 Å². The third-order valence-electron chi connectivity index (χ3n) is 3.56. The molecule has 1 aromatic rings. The van der Waals surface area contributed by atoms with Gasteiger partial charge in [0.15, 0.2) is 0 Å². The second kappa shape index (κ2) is 6.87. The molecule has 3 N–H and O–H groups in total. The third kappa shape index (κ3) is 4.77. The molecule has 0 aromatic heterocycles. The van der Waals surface area contributed by atoms with E-state index in [0.29, 0.717) is 0 Å². The number of nitrogens with one attached hydrogen (secondary N) is 1. The number of rotatable bonds is 7. The molecule has 0 aliphatic rings. The maximum absolute atomic E-state index is 12.2. The molecule has 0 amide bonds. The van der Waals surface area contributed by atoms with Crippen molar-refractivity contribution >= 4 is 20.0 Å². The van der Waals surface area contributed by atoms with Crippen molar-refractivity contribution in [3.8, 4) is 0 Å². The maximum atomic E-state index is 12.2. The van der Waals surface area contributed by atoms with E-state index in [0.717, 1.165) is 12.8 Å². The van der Waals surface area contributed by atoms with E-state index < -0.39 is 20.0 Å². The lowest BCUT2D eigenvalue weighted by molar-refractivity contribution is 0.390. The van der Waals surface area contributed by atoms with Crippen LogP contribution >= 0.6 is 0 Å². The van der Waals surface area contributed by atoms with E-state index in [1.54, 1.807) is 0 Å². The fourth-order valence-corrected chi connectivity index (χ4v) is 4.04. The number of primary sulfonamides is 1. The van der Waals surface area contributed by atoms with E-state index in [9.17, 15) is 16.8 Å². The van der Waals surface area contributed by atoms with Crippen LogP contribution in [0.5, 0.6) is 0 Å². The predicted octanol–water partition coefficient (Wildman–Crippen LogP) is 1.44. The van der Waals surface area contributed by atoms with Gasteiger partial charge in [-0.05, 0) is 37.1 Å². The van der Waals surface area contributed by atoms with Crippen LogP contribution in [0.3, 0.4) is 0 Å². The molecule has 1 rings (SSSR count). The normalized spacial score (nSPS) is 14.3. The summed E-state index contributed by atoms with van der Waals surface area (Å²) >= 11 is 0. The summed E-state index contributed by atoms with van der Waals surface area (Å²) in [7, 11) is -7.50. The van der Waals surface area contributed by atoms with Crippen LogP contribution in [0.2, 0.25) is 0 Å². The summed E-state index contributed by atoms with van der Waals surface area (Å²) < 4.78 is 49.4. The molecule has 1 unspecified atom stereocenters. The van der Waals surface area contributed by atoms with Crippen molar-refractivity contribution in [2.45, 2.75) is 49.4 Å². The van der Waals surface area contributed by atoms with Gasteiger partial charge >= 0.3 is 0 Å². The second-order valence-corrected chi connectivity index (χ2v) is 8.28. The largest absolute Gasteiger partial charge is 0.240 e. The number of hydrogen-bond acceptors (Lipinski definition) is 4. The lowest BCUT2D eigenvalue weighted by Gasteiger charge is -2.22. The number of nitrogens with two attached hydrogens (primary N) is 1. The van der Waals surface area contributed by atoms with Crippen LogP contribution in [0.15, 0.2) is 34.1 Å². The highest BCUT2D eigenvalue weighted by Gasteiger charge is 2.22. The smallest absolute Gasteiger partial charge is 0.225 e. The van der Waals surface area contributed by atoms with Gasteiger partial charge in [-0.15, -0.1) is 0 Å². The molecule has 0 fully saturated rings. The zero-order valence-electron chi connectivity index (χ0n) is 12.4. The van der Waals surface area contributed by atoms with Gasteiger partial charge in [0.2, 0.25) is 20.0 Å². The first-order valence-corrected chi connectivity index (χ1v) is 9.80. The predicted molar refractivity (Wildman–Crippen MR) is 81.7 cm³/mol. The Hall–Kier alpha value is -0.960. The molecular formula is C13H22N2O4S2. The third-order valence-corrected chi connectivity index (χ3v) is 6.06. The van der Waals surface area contributed by atoms with E-state index in [1.807, 2.05) is 20.8 Å². The number of sulfonamides is 2. The SMILES string of the molecule is CCC(CC)C(C)NS(=O)(=O)c1ccc(S(N)(=O)=O)cc1. The Kier molecular flexibility index (Phi) is 5.92. The fourth-order valence-electron chi connectivity index (χ4n) is 2.21. The number of benzene rings is 1. The van der Waals surface area contributed by atoms with Crippen LogP contribution in [0.4, 0.5) is 0 Å². The van der Waals surface area contributed by atoms with Crippen molar-refractivity contribution in [3.05, 3.63) is 24.3 Å². The molecule has 0 aliphatic carbocycles. The van der Waals surface area contributed by atoms with Gasteiger partial charge < -0.3 is 0 Å². The highest BCUT2D eigenvalue weighted by molar-refractivity contribution is 7.89. The van der Waals surface area contributed by atoms with Crippen molar-refractivity contribution in [3.63, 3.8) is 0 Å². The minimum atomic E-state index is -3.82. The molecule has 6 nitrogen and oxygen atoms in total. The van der Waals surface area contributed by atoms with E-state index in [2.05, 4.69) is 4.72 Å². The van der Waals surface area contributed by atoms with Crippen LogP contribution in [-0.4, -0.2) is 22.9 Å². The average Bonchev–Trinajstić information content (AvgIpc) is 2.38. The van der Waals surface area contributed by atoms with Crippen LogP contribution in [-0.2, 0) is 20.0 Å². The van der Waals surface area contributed by atoms with Gasteiger partial charge in [0.1, 0.15) is 0 Å². The Bertz CT molecular complexity index is 663. The molecule has 8 heteroatoms. The quantitative estimate of drug-likeness (QED) is 0.786. The van der Waals surface area contributed by atoms with Gasteiger partial charge in [-0.2, -0.15) is 0 Å². The van der Waals surface area contributed by atoms with Gasteiger partial charge in [0.25, 0.3) is 0 Å². The molecule has 0 aliphatic heterocycles. The summed E-state index contributed by atoms with van der Waals surface area (Å²) in [5.74, 6) is 0.253. The topological polar surface area (TPSA) is 106 Å². The second-order valence-electron chi connectivity index (χ2n) is 5.00. The Morgan fingerprint density at radius 2 is 1.43 bits per heavy atom. The van der Waals surface area contributed by atoms with Gasteiger partial charge in [-0.1, -0.05) is 26.7 Å². The lowest BCUT2D eigenvalue weighted by atomic mass is 9.96. The zero-order valence-corrected chi connectivity index (χ0v) is 14.0. The molecule has 0 bridgehead atoms. The fraction of sp³-hybridized carbons (Fsp3) is 0.538. The minimum absolute atomic E-state index is 0.0210. The Balaban J connectivity index is 2.98. The highest BCUT2D eigenvalue weighted by Crippen LogP contribution is 2.17. The van der Waals surface area contributed by atoms with Crippen LogP contribution in [0, 0.1) is 5.92 Å². The Morgan fingerprint density at radius 1 is 1.00 bits per heavy atom. The summed E-state index contributed by atoms with van der Waals surface area (Å²) in [4.78, 5) is -0.0952. The summed E-state index contributed by atoms with van der Waals surface area (Å²) in [6.45, 7) is 5.85. The molecule has 0 saturated heterocycles. The van der Waals surface area contributed by atoms with Crippen LogP contribution < -0.4 is 9.86 Å². The summed E-state index contributed by atoms with van der Waals surface area (Å²) in [6.07, 6.45) is 1.76. The Morgan fingerprint density at radius 3 is 1.81 bits per heavy atom. The molecule has 120 valence electrons. The van der Waals surface area contributed by atoms with Gasteiger partial charge in [-0.3, -0.25) is 0 Å². The van der Waals surface area contributed by atoms with Crippen molar-refractivity contribution in [2.24, 2.45) is 11.1 Å². The molecule has 0 heterocycles. The van der Waals surface area contributed by atoms with E-state index in [1.165, 1.54) is 24.3 Å². The van der Waals surface area contributed by atoms with Crippen LogP contribution in [0.1, 0.15) is 33.6 Å². The molecule has 0 radical (unpaired) electrons. The van der Waals surface area contributed by atoms with Gasteiger partial charge in [0.05, 0.1) is 9.79 Å². The van der Waals surface area contributed by atoms with Gasteiger partial charge in [0, 0.05) is 6.04 Å². The molecule has 1 aromatic carbocycles. The van der Waals surface area contributed by atoms with E-state index >= 15 is 0 Å². The summed E-state index contributed by atoms with van der Waals surface area (Å²) in [5, 5.41) is 4.98. The molecule has 0 saturated carbocycles. The first-order chi connectivity index (χ1) is 9.61. The Labute approximate surface area is 126 Å². The highest BCUT2D eigenvalue weighted by atomic mass is 32.2. The average molecular weight is 334 g/mol. The standard InChI is InChI=1S/C13H22N2O4S2/c1-4-11(5-2)10(3)15-21(18,19)13-8-6-12(7-9-13)20(14,16)17/h6-11,15H,4-5H2,1-3H3,(H2,14,16,17). The van der Waals surface area contributed by atoms with E-state index in [4.69, 9.17) is 5.14 Å².